The lowest BCUT2D eigenvalue weighted by atomic mass is 10.1. The van der Waals surface area contributed by atoms with E-state index in [9.17, 15) is 4.39 Å². The molecule has 30 heavy (non-hydrogen) atoms. The van der Waals surface area contributed by atoms with Crippen molar-refractivity contribution < 1.29 is 14.0 Å². The number of likely N-dealkylation sites (N-methyl/N-ethyl adjacent to an activating group) is 1. The lowest BCUT2D eigenvalue weighted by molar-refractivity contribution is 0.0703. The molecule has 0 amide bonds. The molecule has 1 atom stereocenters. The van der Waals surface area contributed by atoms with Crippen LogP contribution in [0.1, 0.15) is 22.9 Å². The smallest absolute Gasteiger partial charge is 0.168 e. The maximum absolute atomic E-state index is 13.2. The molecule has 1 aromatic heterocycles. The normalized spacial score (nSPS) is 16.5. The van der Waals surface area contributed by atoms with E-state index in [2.05, 4.69) is 10.1 Å². The van der Waals surface area contributed by atoms with Gasteiger partial charge >= 0.3 is 0 Å². The van der Waals surface area contributed by atoms with Crippen molar-refractivity contribution in [2.75, 3.05) is 20.8 Å². The molecule has 6 nitrogen and oxygen atoms in total. The van der Waals surface area contributed by atoms with Crippen LogP contribution in [-0.4, -0.2) is 41.1 Å². The molecular weight excluding hydrogens is 383 g/mol. The summed E-state index contributed by atoms with van der Waals surface area (Å²) >= 11 is 0. The first-order chi connectivity index (χ1) is 14.5. The highest BCUT2D eigenvalue weighted by molar-refractivity contribution is 5.96. The lowest BCUT2D eigenvalue weighted by Crippen LogP contribution is -2.36. The first-order valence-corrected chi connectivity index (χ1v) is 9.60. The summed E-state index contributed by atoms with van der Waals surface area (Å²) in [5.41, 5.74) is 3.80. The zero-order chi connectivity index (χ0) is 21.1. The molecule has 0 spiro atoms. The summed E-state index contributed by atoms with van der Waals surface area (Å²) in [6.07, 6.45) is 7.57. The van der Waals surface area contributed by atoms with Crippen molar-refractivity contribution in [3.05, 3.63) is 83.7 Å². The number of aryl methyl sites for hydroxylation is 1. The van der Waals surface area contributed by atoms with Crippen LogP contribution in [0, 0.1) is 12.7 Å². The van der Waals surface area contributed by atoms with Gasteiger partial charge in [-0.15, -0.1) is 0 Å². The van der Waals surface area contributed by atoms with E-state index in [1.165, 1.54) is 12.1 Å². The Morgan fingerprint density at radius 2 is 1.97 bits per heavy atom. The van der Waals surface area contributed by atoms with Gasteiger partial charge in [-0.05, 0) is 48.4 Å². The van der Waals surface area contributed by atoms with Crippen molar-refractivity contribution in [1.29, 1.82) is 0 Å². The quantitative estimate of drug-likeness (QED) is 0.632. The van der Waals surface area contributed by atoms with Gasteiger partial charge in [0, 0.05) is 13.2 Å². The molecule has 2 aromatic carbocycles. The van der Waals surface area contributed by atoms with Crippen molar-refractivity contribution in [2.45, 2.75) is 13.0 Å². The highest BCUT2D eigenvalue weighted by Gasteiger charge is 2.24. The van der Waals surface area contributed by atoms with E-state index in [-0.39, 0.29) is 11.9 Å². The van der Waals surface area contributed by atoms with Crippen LogP contribution in [0.15, 0.2) is 66.2 Å². The third-order valence-electron chi connectivity index (χ3n) is 5.09. The second kappa shape index (κ2) is 8.41. The van der Waals surface area contributed by atoms with E-state index >= 15 is 0 Å². The molecule has 3 aromatic rings. The Bertz CT molecular complexity index is 1090. The molecule has 0 radical (unpaired) electrons. The van der Waals surface area contributed by atoms with E-state index < -0.39 is 0 Å². The Balaban J connectivity index is 1.54. The fraction of sp³-hybridized carbons (Fsp3) is 0.217. The monoisotopic (exact) mass is 406 g/mol. The number of halogens is 1. The van der Waals surface area contributed by atoms with Crippen LogP contribution in [0.4, 0.5) is 4.39 Å². The van der Waals surface area contributed by atoms with E-state index in [0.29, 0.717) is 12.4 Å². The van der Waals surface area contributed by atoms with Crippen LogP contribution < -0.4 is 4.74 Å². The predicted molar refractivity (Wildman–Crippen MR) is 114 cm³/mol. The van der Waals surface area contributed by atoms with E-state index in [4.69, 9.17) is 9.57 Å². The van der Waals surface area contributed by atoms with Gasteiger partial charge in [0.25, 0.3) is 0 Å². The molecule has 1 unspecified atom stereocenters. The van der Waals surface area contributed by atoms with Crippen LogP contribution in [0.25, 0.3) is 11.8 Å². The minimum Gasteiger partial charge on any atom is -0.495 e. The maximum atomic E-state index is 13.2. The van der Waals surface area contributed by atoms with E-state index in [0.717, 1.165) is 28.3 Å². The van der Waals surface area contributed by atoms with Crippen LogP contribution >= 0.6 is 0 Å². The van der Waals surface area contributed by atoms with Gasteiger partial charge in [0.1, 0.15) is 18.2 Å². The Morgan fingerprint density at radius 3 is 2.67 bits per heavy atom. The van der Waals surface area contributed by atoms with Gasteiger partial charge in [-0.2, -0.15) is 0 Å². The molecular formula is C23H23FN4O2. The molecule has 0 saturated carbocycles. The van der Waals surface area contributed by atoms with Gasteiger partial charge in [-0.25, -0.2) is 9.37 Å². The summed E-state index contributed by atoms with van der Waals surface area (Å²) in [6, 6.07) is 12.4. The van der Waals surface area contributed by atoms with Gasteiger partial charge in [-0.3, -0.25) is 0 Å². The van der Waals surface area contributed by atoms with Crippen molar-refractivity contribution in [3.8, 4) is 11.4 Å². The average Bonchev–Trinajstić information content (AvgIpc) is 3.19. The molecule has 4 rings (SSSR count). The van der Waals surface area contributed by atoms with Crippen LogP contribution in [-0.2, 0) is 4.84 Å². The number of nitrogens with zero attached hydrogens (tertiary/aromatic N) is 4. The largest absolute Gasteiger partial charge is 0.495 e. The predicted octanol–water partition coefficient (Wildman–Crippen LogP) is 4.36. The van der Waals surface area contributed by atoms with Gasteiger partial charge in [0.15, 0.2) is 5.84 Å². The number of oxime groups is 1. The van der Waals surface area contributed by atoms with Crippen molar-refractivity contribution in [1.82, 2.24) is 14.5 Å². The highest BCUT2D eigenvalue weighted by Crippen LogP contribution is 2.27. The minimum absolute atomic E-state index is 0.0378. The van der Waals surface area contributed by atoms with Gasteiger partial charge in [-0.1, -0.05) is 29.4 Å². The molecule has 0 saturated heterocycles. The minimum atomic E-state index is -0.254. The summed E-state index contributed by atoms with van der Waals surface area (Å²) in [7, 11) is 3.60. The molecule has 2 heterocycles. The summed E-state index contributed by atoms with van der Waals surface area (Å²) in [6.45, 7) is 2.36. The van der Waals surface area contributed by atoms with E-state index in [1.807, 2.05) is 60.0 Å². The van der Waals surface area contributed by atoms with Crippen molar-refractivity contribution >= 4 is 11.9 Å². The van der Waals surface area contributed by atoms with Gasteiger partial charge in [0.2, 0.25) is 0 Å². The molecule has 0 N–H and O–H groups in total. The zero-order valence-electron chi connectivity index (χ0n) is 17.1. The summed E-state index contributed by atoms with van der Waals surface area (Å²) in [5.74, 6) is 1.17. The van der Waals surface area contributed by atoms with Crippen molar-refractivity contribution in [2.24, 2.45) is 5.16 Å². The average molecular weight is 406 g/mol. The number of hydrogen-bond donors (Lipinski definition) is 0. The number of benzene rings is 2. The topological polar surface area (TPSA) is 51.9 Å². The second-order valence-electron chi connectivity index (χ2n) is 7.11. The second-order valence-corrected chi connectivity index (χ2v) is 7.11. The van der Waals surface area contributed by atoms with Crippen LogP contribution in [0.3, 0.4) is 0 Å². The number of aromatic nitrogens is 2. The zero-order valence-corrected chi connectivity index (χ0v) is 17.1. The molecule has 1 aliphatic rings. The number of ether oxygens (including phenoxy) is 1. The third-order valence-corrected chi connectivity index (χ3v) is 5.09. The van der Waals surface area contributed by atoms with Gasteiger partial charge in [0.05, 0.1) is 30.9 Å². The number of imidazole rings is 1. The Kier molecular flexibility index (Phi) is 5.52. The Morgan fingerprint density at radius 1 is 1.17 bits per heavy atom. The molecule has 0 fully saturated rings. The molecule has 154 valence electrons. The lowest BCUT2D eigenvalue weighted by Gasteiger charge is -2.32. The molecule has 7 heteroatoms. The highest BCUT2D eigenvalue weighted by atomic mass is 19.1. The van der Waals surface area contributed by atoms with Crippen LogP contribution in [0.2, 0.25) is 0 Å². The van der Waals surface area contributed by atoms with Crippen molar-refractivity contribution in [3.63, 3.8) is 0 Å². The summed E-state index contributed by atoms with van der Waals surface area (Å²) < 4.78 is 20.7. The Hall–Kier alpha value is -3.61. The Labute approximate surface area is 174 Å². The first-order valence-electron chi connectivity index (χ1n) is 9.60. The number of amidine groups is 1. The molecule has 0 aliphatic carbocycles. The summed E-state index contributed by atoms with van der Waals surface area (Å²) in [5, 5.41) is 4.17. The van der Waals surface area contributed by atoms with E-state index in [1.54, 1.807) is 25.6 Å². The number of methoxy groups -OCH3 is 1. The number of rotatable bonds is 5. The number of hydrogen-bond acceptors (Lipinski definition) is 5. The molecule has 0 bridgehead atoms. The fourth-order valence-electron chi connectivity index (χ4n) is 3.40. The molecule has 1 aliphatic heterocycles. The summed E-state index contributed by atoms with van der Waals surface area (Å²) in [4.78, 5) is 11.7. The SMILES string of the molecule is COc1cc(/C=C/C2=NOCC(c3ccc(F)cc3)N2C)ccc1-n1cnc(C)c1. The standard InChI is InChI=1S/C23H23FN4O2/c1-16-13-28(15-25-16)20-10-4-17(12-22(20)29-3)5-11-23-26-30-14-21(27(23)2)18-6-8-19(24)9-7-18/h4-13,15,21H,14H2,1-3H3/b11-5+. The fourth-order valence-corrected chi connectivity index (χ4v) is 3.40. The van der Waals surface area contributed by atoms with Gasteiger partial charge < -0.3 is 19.0 Å². The third kappa shape index (κ3) is 4.05. The maximum Gasteiger partial charge on any atom is 0.168 e. The first kappa shape index (κ1) is 19.7. The van der Waals surface area contributed by atoms with Crippen LogP contribution in [0.5, 0.6) is 5.75 Å².